The van der Waals surface area contributed by atoms with Gasteiger partial charge in [0.05, 0.1) is 11.7 Å². The number of anilines is 1. The fraction of sp³-hybridized carbons (Fsp3) is 0.667. The van der Waals surface area contributed by atoms with Gasteiger partial charge in [0.2, 0.25) is 0 Å². The molecule has 0 saturated carbocycles. The van der Waals surface area contributed by atoms with Crippen LogP contribution in [0.1, 0.15) is 29.6 Å². The number of unbranched alkanes of at least 4 members (excludes halogenated alkanes) is 1. The van der Waals surface area contributed by atoms with Gasteiger partial charge in [-0.3, -0.25) is 4.79 Å². The van der Waals surface area contributed by atoms with Gasteiger partial charge in [-0.1, -0.05) is 0 Å². The highest BCUT2D eigenvalue weighted by Crippen LogP contribution is 2.37. The van der Waals surface area contributed by atoms with E-state index in [1.165, 1.54) is 0 Å². The van der Waals surface area contributed by atoms with Crippen molar-refractivity contribution in [3.8, 4) is 11.5 Å². The summed E-state index contributed by atoms with van der Waals surface area (Å²) in [6.45, 7) is 5.02. The number of nitrogens with one attached hydrogen (secondary N) is 3. The van der Waals surface area contributed by atoms with Gasteiger partial charge in [0, 0.05) is 37.8 Å². The van der Waals surface area contributed by atoms with Crippen LogP contribution in [0.15, 0.2) is 12.1 Å². The molecule has 1 aromatic carbocycles. The fourth-order valence-corrected chi connectivity index (χ4v) is 3.91. The minimum Gasteiger partial charge on any atom is -0.486 e. The number of aliphatic hydroxyl groups excluding tert-OH is 1. The third kappa shape index (κ3) is 5.74. The highest BCUT2D eigenvalue weighted by molar-refractivity contribution is 5.99. The predicted molar refractivity (Wildman–Crippen MR) is 113 cm³/mol. The van der Waals surface area contributed by atoms with Gasteiger partial charge in [-0.25, -0.2) is 0 Å². The van der Waals surface area contributed by atoms with Crippen molar-refractivity contribution in [1.29, 1.82) is 0 Å². The maximum absolute atomic E-state index is 12.8. The molecule has 2 aliphatic heterocycles. The first-order valence-corrected chi connectivity index (χ1v) is 10.6. The monoisotopic (exact) mass is 406 g/mol. The van der Waals surface area contributed by atoms with E-state index in [4.69, 9.17) is 9.47 Å². The Morgan fingerprint density at radius 3 is 2.83 bits per heavy atom. The van der Waals surface area contributed by atoms with Crippen LogP contribution in [0.4, 0.5) is 5.69 Å². The maximum Gasteiger partial charge on any atom is 0.255 e. The Balaban J connectivity index is 1.52. The molecule has 2 heterocycles. The predicted octanol–water partition coefficient (Wildman–Crippen LogP) is 0.912. The van der Waals surface area contributed by atoms with Crippen LogP contribution in [0.2, 0.25) is 0 Å². The van der Waals surface area contributed by atoms with Crippen LogP contribution in [0.25, 0.3) is 0 Å². The van der Waals surface area contributed by atoms with Crippen molar-refractivity contribution >= 4 is 11.6 Å². The molecule has 0 aromatic heterocycles. The molecular weight excluding hydrogens is 372 g/mol. The topological polar surface area (TPSA) is 95.1 Å². The molecule has 1 fully saturated rings. The summed E-state index contributed by atoms with van der Waals surface area (Å²) in [6.07, 6.45) is 2.72. The first-order valence-electron chi connectivity index (χ1n) is 10.6. The number of amides is 1. The van der Waals surface area contributed by atoms with Crippen LogP contribution in [-0.4, -0.2) is 82.1 Å². The Hall–Kier alpha value is -2.03. The molecule has 29 heavy (non-hydrogen) atoms. The molecule has 1 amide bonds. The number of rotatable bonds is 9. The smallest absolute Gasteiger partial charge is 0.255 e. The van der Waals surface area contributed by atoms with E-state index in [1.54, 1.807) is 13.1 Å². The number of carbonyl (C=O) groups is 1. The molecule has 0 radical (unpaired) electrons. The van der Waals surface area contributed by atoms with E-state index in [9.17, 15) is 9.90 Å². The third-order valence-corrected chi connectivity index (χ3v) is 5.66. The van der Waals surface area contributed by atoms with Crippen LogP contribution in [0.5, 0.6) is 11.5 Å². The molecule has 0 spiro atoms. The molecule has 0 bridgehead atoms. The van der Waals surface area contributed by atoms with Gasteiger partial charge in [-0.15, -0.1) is 0 Å². The summed E-state index contributed by atoms with van der Waals surface area (Å²) < 4.78 is 11.3. The summed E-state index contributed by atoms with van der Waals surface area (Å²) in [6, 6.07) is 3.61. The lowest BCUT2D eigenvalue weighted by Crippen LogP contribution is -2.47. The molecule has 0 unspecified atom stereocenters. The van der Waals surface area contributed by atoms with Crippen molar-refractivity contribution in [2.24, 2.45) is 5.92 Å². The zero-order valence-corrected chi connectivity index (χ0v) is 17.5. The van der Waals surface area contributed by atoms with Crippen LogP contribution in [-0.2, 0) is 0 Å². The Bertz CT molecular complexity index is 685. The zero-order chi connectivity index (χ0) is 20.6. The third-order valence-electron chi connectivity index (χ3n) is 5.66. The standard InChI is InChI=1S/C21H34N4O4/c1-22-6-3-4-7-25-8-5-15(18(26)14-25)13-24-21(27)17-11-16(23-2)12-19-20(17)29-10-9-28-19/h11-12,15,18,22-23,26H,3-10,13-14H2,1-2H3,(H,24,27)/t15-,18+/m0/s1. The Morgan fingerprint density at radius 2 is 2.07 bits per heavy atom. The average Bonchev–Trinajstić information content (AvgIpc) is 2.75. The molecule has 2 aliphatic rings. The number of hydrogen-bond acceptors (Lipinski definition) is 7. The number of ether oxygens (including phenoxy) is 2. The van der Waals surface area contributed by atoms with Gasteiger partial charge in [0.1, 0.15) is 13.2 Å². The number of aliphatic hydroxyl groups is 1. The second-order valence-corrected chi connectivity index (χ2v) is 7.74. The molecule has 8 nitrogen and oxygen atoms in total. The van der Waals surface area contributed by atoms with Gasteiger partial charge in [-0.05, 0) is 52.0 Å². The molecule has 2 atom stereocenters. The number of likely N-dealkylation sites (tertiary alicyclic amines) is 1. The van der Waals surface area contributed by atoms with E-state index >= 15 is 0 Å². The minimum atomic E-state index is -0.425. The highest BCUT2D eigenvalue weighted by Gasteiger charge is 2.29. The van der Waals surface area contributed by atoms with Gasteiger partial charge in [0.15, 0.2) is 11.5 Å². The van der Waals surface area contributed by atoms with Crippen molar-refractivity contribution in [1.82, 2.24) is 15.5 Å². The summed E-state index contributed by atoms with van der Waals surface area (Å²) in [5.41, 5.74) is 1.26. The molecular formula is C21H34N4O4. The first kappa shape index (κ1) is 21.7. The molecule has 3 rings (SSSR count). The Labute approximate surface area is 172 Å². The number of fused-ring (bicyclic) bond motifs is 1. The number of piperidine rings is 1. The van der Waals surface area contributed by atoms with Gasteiger partial charge >= 0.3 is 0 Å². The van der Waals surface area contributed by atoms with Gasteiger partial charge in [0.25, 0.3) is 5.91 Å². The Morgan fingerprint density at radius 1 is 1.24 bits per heavy atom. The second-order valence-electron chi connectivity index (χ2n) is 7.74. The van der Waals surface area contributed by atoms with E-state index in [-0.39, 0.29) is 11.8 Å². The average molecular weight is 407 g/mol. The SMILES string of the molecule is CNCCCCN1CC[C@@H](CNC(=O)c2cc(NC)cc3c2OCCO3)[C@H](O)C1. The van der Waals surface area contributed by atoms with Gasteiger partial charge in [-0.2, -0.15) is 0 Å². The van der Waals surface area contributed by atoms with Gasteiger partial charge < -0.3 is 35.4 Å². The summed E-state index contributed by atoms with van der Waals surface area (Å²) in [4.78, 5) is 15.1. The van der Waals surface area contributed by atoms with Crippen LogP contribution in [0, 0.1) is 5.92 Å². The number of carbonyl (C=O) groups excluding carboxylic acids is 1. The van der Waals surface area contributed by atoms with E-state index < -0.39 is 6.10 Å². The van der Waals surface area contributed by atoms with Crippen LogP contribution < -0.4 is 25.4 Å². The largest absolute Gasteiger partial charge is 0.486 e. The minimum absolute atomic E-state index is 0.0629. The molecule has 162 valence electrons. The van der Waals surface area contributed by atoms with E-state index in [0.29, 0.717) is 43.4 Å². The van der Waals surface area contributed by atoms with E-state index in [2.05, 4.69) is 20.9 Å². The molecule has 8 heteroatoms. The number of nitrogens with zero attached hydrogens (tertiary/aromatic N) is 1. The summed E-state index contributed by atoms with van der Waals surface area (Å²) in [7, 11) is 3.77. The molecule has 1 saturated heterocycles. The lowest BCUT2D eigenvalue weighted by Gasteiger charge is -2.36. The maximum atomic E-state index is 12.8. The molecule has 1 aromatic rings. The van der Waals surface area contributed by atoms with E-state index in [1.807, 2.05) is 13.1 Å². The summed E-state index contributed by atoms with van der Waals surface area (Å²) in [5.74, 6) is 0.933. The quantitative estimate of drug-likeness (QED) is 0.453. The van der Waals surface area contributed by atoms with Crippen molar-refractivity contribution in [3.05, 3.63) is 17.7 Å². The zero-order valence-electron chi connectivity index (χ0n) is 17.5. The lowest BCUT2D eigenvalue weighted by molar-refractivity contribution is 0.0216. The molecule has 4 N–H and O–H groups in total. The van der Waals surface area contributed by atoms with Crippen LogP contribution >= 0.6 is 0 Å². The molecule has 0 aliphatic carbocycles. The number of hydrogen-bond donors (Lipinski definition) is 4. The second kappa shape index (κ2) is 10.7. The van der Waals surface area contributed by atoms with E-state index in [0.717, 1.165) is 44.6 Å². The fourth-order valence-electron chi connectivity index (χ4n) is 3.91. The number of β-amino-alcohol motifs (C(OH)–C–C–N with tert-alkyl or cyclic N) is 1. The first-order chi connectivity index (χ1) is 14.1. The van der Waals surface area contributed by atoms with Crippen molar-refractivity contribution in [2.75, 3.05) is 65.3 Å². The van der Waals surface area contributed by atoms with Crippen molar-refractivity contribution in [2.45, 2.75) is 25.4 Å². The summed E-state index contributed by atoms with van der Waals surface area (Å²) >= 11 is 0. The highest BCUT2D eigenvalue weighted by atomic mass is 16.6. The summed E-state index contributed by atoms with van der Waals surface area (Å²) in [5, 5.41) is 19.7. The van der Waals surface area contributed by atoms with Crippen molar-refractivity contribution in [3.63, 3.8) is 0 Å². The lowest BCUT2D eigenvalue weighted by atomic mass is 9.93. The van der Waals surface area contributed by atoms with Crippen molar-refractivity contribution < 1.29 is 19.4 Å². The number of benzene rings is 1. The van der Waals surface area contributed by atoms with Crippen LogP contribution in [0.3, 0.4) is 0 Å². The normalized spacial score (nSPS) is 21.6. The Kier molecular flexibility index (Phi) is 7.97.